The minimum atomic E-state index is -4.46. The van der Waals surface area contributed by atoms with Crippen molar-refractivity contribution in [2.75, 3.05) is 6.61 Å². The molecule has 0 aromatic heterocycles. The zero-order valence-corrected chi connectivity index (χ0v) is 11.7. The van der Waals surface area contributed by atoms with Gasteiger partial charge in [0.1, 0.15) is 6.04 Å². The van der Waals surface area contributed by atoms with Gasteiger partial charge in [0.15, 0.2) is 0 Å². The first-order valence-electron chi connectivity index (χ1n) is 6.99. The molecule has 0 spiro atoms. The molecule has 0 aromatic carbocycles. The molecule has 2 aliphatic heterocycles. The van der Waals surface area contributed by atoms with Crippen molar-refractivity contribution in [2.24, 2.45) is 5.92 Å². The van der Waals surface area contributed by atoms with Gasteiger partial charge in [-0.2, -0.15) is 13.2 Å². The van der Waals surface area contributed by atoms with Gasteiger partial charge in [-0.15, -0.1) is 0 Å². The van der Waals surface area contributed by atoms with Gasteiger partial charge < -0.3 is 15.3 Å². The summed E-state index contributed by atoms with van der Waals surface area (Å²) in [5.41, 5.74) is -0.651. The van der Waals surface area contributed by atoms with Gasteiger partial charge in [0.05, 0.1) is 12.1 Å². The number of amides is 2. The van der Waals surface area contributed by atoms with E-state index in [0.29, 0.717) is 12.8 Å². The Bertz CT molecular complexity index is 376. The van der Waals surface area contributed by atoms with Crippen molar-refractivity contribution in [3.05, 3.63) is 0 Å². The summed E-state index contributed by atoms with van der Waals surface area (Å²) in [6.45, 7) is 2.67. The Kier molecular flexibility index (Phi) is 3.92. The summed E-state index contributed by atoms with van der Waals surface area (Å²) in [5.74, 6) is -0.732. The number of halogens is 3. The highest BCUT2D eigenvalue weighted by atomic mass is 19.4. The van der Waals surface area contributed by atoms with Gasteiger partial charge in [-0.1, -0.05) is 13.8 Å². The molecule has 0 aliphatic carbocycles. The van der Waals surface area contributed by atoms with Crippen LogP contribution in [0, 0.1) is 5.92 Å². The van der Waals surface area contributed by atoms with Crippen molar-refractivity contribution in [2.45, 2.75) is 63.3 Å². The highest BCUT2D eigenvalue weighted by Gasteiger charge is 2.54. The lowest BCUT2D eigenvalue weighted by Gasteiger charge is -2.35. The summed E-state index contributed by atoms with van der Waals surface area (Å²) in [4.78, 5) is 13.7. The van der Waals surface area contributed by atoms with Gasteiger partial charge in [-0.05, 0) is 31.6 Å². The molecule has 0 saturated carbocycles. The standard InChI is InChI=1S/C13H21F3N2O2/c1-8(2)10(13(14,15)16)17-11(20)18-9-3-5-12(18,7-19)6-4-9/h8-10,19H,3-7H2,1-2H3,(H,17,20)/t9?,10-,12?/m0/s1. The maximum atomic E-state index is 12.9. The average Bonchev–Trinajstić information content (AvgIpc) is 2.89. The second kappa shape index (κ2) is 5.09. The van der Waals surface area contributed by atoms with E-state index in [1.54, 1.807) is 0 Å². The molecular formula is C13H21F3N2O2. The van der Waals surface area contributed by atoms with E-state index < -0.39 is 29.7 Å². The van der Waals surface area contributed by atoms with Gasteiger partial charge >= 0.3 is 12.2 Å². The van der Waals surface area contributed by atoms with Gasteiger partial charge in [0.25, 0.3) is 0 Å². The fourth-order valence-electron chi connectivity index (χ4n) is 3.47. The molecule has 20 heavy (non-hydrogen) atoms. The van der Waals surface area contributed by atoms with E-state index in [-0.39, 0.29) is 12.6 Å². The average molecular weight is 294 g/mol. The van der Waals surface area contributed by atoms with Crippen molar-refractivity contribution in [1.82, 2.24) is 10.2 Å². The number of aliphatic hydroxyl groups excluding tert-OH is 1. The first kappa shape index (κ1) is 15.4. The van der Waals surface area contributed by atoms with Gasteiger partial charge in [-0.3, -0.25) is 0 Å². The molecule has 7 heteroatoms. The number of aliphatic hydroxyl groups is 1. The molecule has 116 valence electrons. The number of rotatable bonds is 3. The largest absolute Gasteiger partial charge is 0.408 e. The maximum Gasteiger partial charge on any atom is 0.408 e. The first-order valence-corrected chi connectivity index (χ1v) is 6.99. The molecule has 2 N–H and O–H groups in total. The molecule has 2 fully saturated rings. The second-order valence-corrected chi connectivity index (χ2v) is 6.20. The molecule has 0 aromatic rings. The van der Waals surface area contributed by atoms with E-state index in [1.165, 1.54) is 18.7 Å². The van der Waals surface area contributed by atoms with Crippen molar-refractivity contribution in [3.63, 3.8) is 0 Å². The van der Waals surface area contributed by atoms with E-state index in [4.69, 9.17) is 0 Å². The quantitative estimate of drug-likeness (QED) is 0.839. The molecule has 2 bridgehead atoms. The monoisotopic (exact) mass is 294 g/mol. The fraction of sp³-hybridized carbons (Fsp3) is 0.923. The van der Waals surface area contributed by atoms with E-state index in [1.807, 2.05) is 0 Å². The molecular weight excluding hydrogens is 273 g/mol. The third-order valence-electron chi connectivity index (χ3n) is 4.57. The van der Waals surface area contributed by atoms with Crippen LogP contribution >= 0.6 is 0 Å². The third-order valence-corrected chi connectivity index (χ3v) is 4.57. The Balaban J connectivity index is 2.12. The number of nitrogens with one attached hydrogen (secondary N) is 1. The summed E-state index contributed by atoms with van der Waals surface area (Å²) >= 11 is 0. The number of urea groups is 1. The summed E-state index contributed by atoms with van der Waals surface area (Å²) < 4.78 is 38.8. The molecule has 4 nitrogen and oxygen atoms in total. The topological polar surface area (TPSA) is 52.6 Å². The predicted molar refractivity (Wildman–Crippen MR) is 67.1 cm³/mol. The molecule has 0 radical (unpaired) electrons. The first-order chi connectivity index (χ1) is 9.21. The molecule has 0 unspecified atom stereocenters. The number of nitrogens with zero attached hydrogens (tertiary/aromatic N) is 1. The van der Waals surface area contributed by atoms with Crippen LogP contribution in [0.2, 0.25) is 0 Å². The van der Waals surface area contributed by atoms with Crippen LogP contribution in [0.4, 0.5) is 18.0 Å². The van der Waals surface area contributed by atoms with Crippen molar-refractivity contribution >= 4 is 6.03 Å². The number of hydrogen-bond donors (Lipinski definition) is 2. The zero-order chi connectivity index (χ0) is 15.1. The normalized spacial score (nSPS) is 30.9. The van der Waals surface area contributed by atoms with Crippen LogP contribution in [-0.4, -0.2) is 46.4 Å². The Morgan fingerprint density at radius 2 is 1.95 bits per heavy atom. The van der Waals surface area contributed by atoms with E-state index in [0.717, 1.165) is 12.8 Å². The molecule has 1 atom stereocenters. The van der Waals surface area contributed by atoms with Crippen LogP contribution < -0.4 is 5.32 Å². The lowest BCUT2D eigenvalue weighted by atomic mass is 9.89. The van der Waals surface area contributed by atoms with Gasteiger partial charge in [-0.25, -0.2) is 4.79 Å². The lowest BCUT2D eigenvalue weighted by Crippen LogP contribution is -2.57. The van der Waals surface area contributed by atoms with Crippen molar-refractivity contribution in [3.8, 4) is 0 Å². The van der Waals surface area contributed by atoms with Crippen LogP contribution in [0.25, 0.3) is 0 Å². The number of carbonyl (C=O) groups is 1. The maximum absolute atomic E-state index is 12.9. The number of alkyl halides is 3. The van der Waals surface area contributed by atoms with Gasteiger partial charge in [0.2, 0.25) is 0 Å². The van der Waals surface area contributed by atoms with Crippen molar-refractivity contribution in [1.29, 1.82) is 0 Å². The fourth-order valence-corrected chi connectivity index (χ4v) is 3.47. The molecule has 2 heterocycles. The van der Waals surface area contributed by atoms with Crippen molar-refractivity contribution < 1.29 is 23.1 Å². The third kappa shape index (κ3) is 2.47. The second-order valence-electron chi connectivity index (χ2n) is 6.20. The summed E-state index contributed by atoms with van der Waals surface area (Å²) in [6.07, 6.45) is -1.62. The Hall–Kier alpha value is -0.980. The lowest BCUT2D eigenvalue weighted by molar-refractivity contribution is -0.163. The summed E-state index contributed by atoms with van der Waals surface area (Å²) in [6, 6.07) is -2.59. The number of carbonyl (C=O) groups excluding carboxylic acids is 1. The minimum absolute atomic E-state index is 0.0387. The summed E-state index contributed by atoms with van der Waals surface area (Å²) in [5, 5.41) is 11.6. The Morgan fingerprint density at radius 1 is 1.40 bits per heavy atom. The van der Waals surface area contributed by atoms with Gasteiger partial charge in [0, 0.05) is 6.04 Å². The molecule has 2 rings (SSSR count). The predicted octanol–water partition coefficient (Wildman–Crippen LogP) is 2.27. The van der Waals surface area contributed by atoms with Crippen LogP contribution in [0.15, 0.2) is 0 Å². The zero-order valence-electron chi connectivity index (χ0n) is 11.7. The molecule has 2 amide bonds. The smallest absolute Gasteiger partial charge is 0.394 e. The highest BCUT2D eigenvalue weighted by Crippen LogP contribution is 2.46. The summed E-state index contributed by atoms with van der Waals surface area (Å²) in [7, 11) is 0. The van der Waals surface area contributed by atoms with E-state index in [9.17, 15) is 23.1 Å². The Morgan fingerprint density at radius 3 is 2.35 bits per heavy atom. The van der Waals surface area contributed by atoms with E-state index in [2.05, 4.69) is 5.32 Å². The highest BCUT2D eigenvalue weighted by molar-refractivity contribution is 5.77. The molecule has 2 saturated heterocycles. The van der Waals surface area contributed by atoms with Crippen LogP contribution in [0.1, 0.15) is 39.5 Å². The van der Waals surface area contributed by atoms with E-state index >= 15 is 0 Å². The van der Waals surface area contributed by atoms with Crippen LogP contribution in [0.5, 0.6) is 0 Å². The minimum Gasteiger partial charge on any atom is -0.394 e. The molecule has 2 aliphatic rings. The number of fused-ring (bicyclic) bond motifs is 2. The number of hydrogen-bond acceptors (Lipinski definition) is 2. The van der Waals surface area contributed by atoms with Crippen LogP contribution in [-0.2, 0) is 0 Å². The SMILES string of the molecule is CC(C)[C@H](NC(=O)N1C2CCC1(CO)CC2)C(F)(F)F. The van der Waals surface area contributed by atoms with Crippen LogP contribution in [0.3, 0.4) is 0 Å². The Labute approximate surface area is 116 Å².